The van der Waals surface area contributed by atoms with Gasteiger partial charge in [0.2, 0.25) is 0 Å². The molecule has 1 aliphatic carbocycles. The second kappa shape index (κ2) is 10.2. The van der Waals surface area contributed by atoms with Crippen molar-refractivity contribution >= 4 is 101 Å². The lowest BCUT2D eigenvalue weighted by atomic mass is 9.44. The zero-order valence-corrected chi connectivity index (χ0v) is 32.2. The summed E-state index contributed by atoms with van der Waals surface area (Å²) in [6.45, 7) is 11.9. The Balaban J connectivity index is 1.26. The zero-order chi connectivity index (χ0) is 37.4. The normalized spacial score (nSPS) is 16.4. The largest absolute Gasteiger partial charge is 0.456 e. The van der Waals surface area contributed by atoms with E-state index in [4.69, 9.17) is 8.83 Å². The van der Waals surface area contributed by atoms with E-state index in [1.54, 1.807) is 0 Å². The number of benzene rings is 7. The Hall–Kier alpha value is -6.20. The van der Waals surface area contributed by atoms with E-state index in [2.05, 4.69) is 165 Å². The number of furan rings is 2. The fourth-order valence-electron chi connectivity index (χ4n) is 11.1. The van der Waals surface area contributed by atoms with Crippen LogP contribution in [0.2, 0.25) is 0 Å². The van der Waals surface area contributed by atoms with Gasteiger partial charge in [0, 0.05) is 54.8 Å². The average Bonchev–Trinajstić information content (AvgIpc) is 3.88. The van der Waals surface area contributed by atoms with Crippen LogP contribution in [0.4, 0.5) is 17.1 Å². The number of fused-ring (bicyclic) bond motifs is 16. The molecule has 0 unspecified atom stereocenters. The number of aromatic nitrogens is 1. The standard InChI is InChI=1S/C51H39BN2O2/c1-28-25-37-38(51(4,5)24-23-50(37,2)3)27-40(28)53-39-22-21-33-31-15-8-10-19-41(31)55-48(33)44(39)52-43-36(26-29-13-6-7-14-30(29)46(43)53)32-17-12-18-35-45(32)54(52)47-34-16-9-11-20-42(34)56-49(35)47/h6-22,25-27H,23-24H2,1-5H3. The fraction of sp³-hybridized carbons (Fsp3) is 0.176. The Labute approximate surface area is 325 Å². The van der Waals surface area contributed by atoms with Crippen LogP contribution in [0.25, 0.3) is 76.8 Å². The Kier molecular flexibility index (Phi) is 5.63. The Morgan fingerprint density at radius 2 is 1.20 bits per heavy atom. The van der Waals surface area contributed by atoms with E-state index in [1.165, 1.54) is 72.8 Å². The lowest BCUT2D eigenvalue weighted by Crippen LogP contribution is -2.57. The van der Waals surface area contributed by atoms with Gasteiger partial charge in [0.1, 0.15) is 16.7 Å². The third-order valence-electron chi connectivity index (χ3n) is 13.9. The van der Waals surface area contributed by atoms with Crippen molar-refractivity contribution in [1.29, 1.82) is 0 Å². The smallest absolute Gasteiger partial charge is 0.337 e. The van der Waals surface area contributed by atoms with E-state index in [-0.39, 0.29) is 17.7 Å². The summed E-state index contributed by atoms with van der Waals surface area (Å²) >= 11 is 0. The van der Waals surface area contributed by atoms with Crippen molar-refractivity contribution in [3.8, 4) is 11.1 Å². The van der Waals surface area contributed by atoms with Crippen LogP contribution < -0.4 is 15.8 Å². The van der Waals surface area contributed by atoms with Crippen LogP contribution >= 0.6 is 0 Å². The molecule has 10 aromatic rings. The SMILES string of the molecule is Cc1cc2c(cc1N1c3ccc4c(oc5ccccc54)c3B3c4c(cc5ccccc5c41)-c1cccc4c5oc6ccccc6c5n3c14)C(C)(C)CCC2(C)C. The summed E-state index contributed by atoms with van der Waals surface area (Å²) in [5, 5.41) is 7.05. The lowest BCUT2D eigenvalue weighted by molar-refractivity contribution is 0.332. The molecule has 5 heteroatoms. The molecule has 0 N–H and O–H groups in total. The monoisotopic (exact) mass is 722 g/mol. The fourth-order valence-corrected chi connectivity index (χ4v) is 11.1. The molecule has 0 radical (unpaired) electrons. The molecular weight excluding hydrogens is 683 g/mol. The second-order valence-corrected chi connectivity index (χ2v) is 17.9. The molecule has 13 rings (SSSR count). The molecule has 3 aromatic heterocycles. The highest BCUT2D eigenvalue weighted by molar-refractivity contribution is 6.92. The van der Waals surface area contributed by atoms with Crippen LogP contribution in [0.15, 0.2) is 130 Å². The maximum Gasteiger partial charge on any atom is 0.337 e. The molecule has 7 aromatic carbocycles. The van der Waals surface area contributed by atoms with Crippen molar-refractivity contribution in [1.82, 2.24) is 4.48 Å². The Bertz CT molecular complexity index is 3410. The third-order valence-corrected chi connectivity index (χ3v) is 13.9. The van der Waals surface area contributed by atoms with Crippen LogP contribution in [-0.4, -0.2) is 11.3 Å². The highest BCUT2D eigenvalue weighted by Crippen LogP contribution is 2.53. The molecule has 56 heavy (non-hydrogen) atoms. The molecule has 0 atom stereocenters. The van der Waals surface area contributed by atoms with Gasteiger partial charge in [-0.05, 0) is 112 Å². The molecule has 0 saturated carbocycles. The summed E-state index contributed by atoms with van der Waals surface area (Å²) in [5.74, 6) is 0. The first-order valence-electron chi connectivity index (χ1n) is 20.1. The summed E-state index contributed by atoms with van der Waals surface area (Å²) in [6.07, 6.45) is 2.34. The number of nitrogens with zero attached hydrogens (tertiary/aromatic N) is 2. The van der Waals surface area contributed by atoms with Gasteiger partial charge in [-0.25, -0.2) is 0 Å². The Morgan fingerprint density at radius 1 is 0.536 bits per heavy atom. The van der Waals surface area contributed by atoms with Gasteiger partial charge in [-0.15, -0.1) is 0 Å². The summed E-state index contributed by atoms with van der Waals surface area (Å²) in [6, 6.07) is 45.0. The maximum absolute atomic E-state index is 7.09. The number of hydrogen-bond donors (Lipinski definition) is 0. The lowest BCUT2D eigenvalue weighted by Gasteiger charge is -2.45. The molecule has 3 aliphatic rings. The van der Waals surface area contributed by atoms with Gasteiger partial charge >= 0.3 is 6.85 Å². The summed E-state index contributed by atoms with van der Waals surface area (Å²) < 4.78 is 16.5. The van der Waals surface area contributed by atoms with Crippen LogP contribution in [0.3, 0.4) is 0 Å². The molecule has 4 nitrogen and oxygen atoms in total. The highest BCUT2D eigenvalue weighted by atomic mass is 16.3. The molecule has 5 heterocycles. The van der Waals surface area contributed by atoms with Crippen molar-refractivity contribution < 1.29 is 8.83 Å². The molecule has 0 bridgehead atoms. The van der Waals surface area contributed by atoms with E-state index in [1.807, 2.05) is 0 Å². The summed E-state index contributed by atoms with van der Waals surface area (Å²) in [7, 11) is 0. The van der Waals surface area contributed by atoms with Crippen LogP contribution in [0.1, 0.15) is 57.2 Å². The zero-order valence-electron chi connectivity index (χ0n) is 32.2. The van der Waals surface area contributed by atoms with Crippen molar-refractivity contribution in [3.63, 3.8) is 0 Å². The van der Waals surface area contributed by atoms with E-state index in [0.717, 1.165) is 61.5 Å². The van der Waals surface area contributed by atoms with Gasteiger partial charge < -0.3 is 18.2 Å². The first-order chi connectivity index (χ1) is 27.2. The predicted molar refractivity (Wildman–Crippen MR) is 235 cm³/mol. The Morgan fingerprint density at radius 3 is 2.00 bits per heavy atom. The van der Waals surface area contributed by atoms with Crippen LogP contribution in [0.5, 0.6) is 0 Å². The predicted octanol–water partition coefficient (Wildman–Crippen LogP) is 12.7. The molecular formula is C51H39BN2O2. The summed E-state index contributed by atoms with van der Waals surface area (Å²) in [4.78, 5) is 2.62. The van der Waals surface area contributed by atoms with E-state index < -0.39 is 0 Å². The number of anilines is 3. The molecule has 2 aliphatic heterocycles. The number of aryl methyl sites for hydroxylation is 1. The molecule has 0 fully saturated rings. The number of rotatable bonds is 1. The minimum atomic E-state index is -0.177. The number of hydrogen-bond acceptors (Lipinski definition) is 3. The van der Waals surface area contributed by atoms with Gasteiger partial charge in [0.05, 0.1) is 11.2 Å². The molecule has 0 amide bonds. The minimum Gasteiger partial charge on any atom is -0.456 e. The van der Waals surface area contributed by atoms with Crippen LogP contribution in [0, 0.1) is 6.92 Å². The average molecular weight is 723 g/mol. The second-order valence-electron chi connectivity index (χ2n) is 17.9. The van der Waals surface area contributed by atoms with Gasteiger partial charge in [-0.3, -0.25) is 0 Å². The van der Waals surface area contributed by atoms with Crippen molar-refractivity contribution in [2.45, 2.75) is 58.3 Å². The summed E-state index contributed by atoms with van der Waals surface area (Å²) in [5.41, 5.74) is 19.1. The van der Waals surface area contributed by atoms with Gasteiger partial charge in [0.25, 0.3) is 0 Å². The topological polar surface area (TPSA) is 34.5 Å². The van der Waals surface area contributed by atoms with E-state index in [0.29, 0.717) is 0 Å². The molecule has 268 valence electrons. The third kappa shape index (κ3) is 3.68. The van der Waals surface area contributed by atoms with Crippen molar-refractivity contribution in [3.05, 3.63) is 138 Å². The van der Waals surface area contributed by atoms with E-state index >= 15 is 0 Å². The van der Waals surface area contributed by atoms with Gasteiger partial charge in [0.15, 0.2) is 5.58 Å². The van der Waals surface area contributed by atoms with Crippen LogP contribution in [-0.2, 0) is 10.8 Å². The molecule has 0 saturated heterocycles. The highest BCUT2D eigenvalue weighted by Gasteiger charge is 2.47. The van der Waals surface area contributed by atoms with Crippen molar-refractivity contribution in [2.24, 2.45) is 0 Å². The first-order valence-corrected chi connectivity index (χ1v) is 20.1. The van der Waals surface area contributed by atoms with Gasteiger partial charge in [-0.2, -0.15) is 0 Å². The van der Waals surface area contributed by atoms with E-state index in [9.17, 15) is 0 Å². The van der Waals surface area contributed by atoms with Crippen molar-refractivity contribution in [2.75, 3.05) is 4.90 Å². The minimum absolute atomic E-state index is 0.0545. The van der Waals surface area contributed by atoms with Gasteiger partial charge in [-0.1, -0.05) is 100 Å². The maximum atomic E-state index is 7.09. The molecule has 0 spiro atoms. The number of para-hydroxylation sites is 3. The first kappa shape index (κ1) is 31.1. The quantitative estimate of drug-likeness (QED) is 0.158.